The van der Waals surface area contributed by atoms with Gasteiger partial charge in [0.05, 0.1) is 0 Å². The Labute approximate surface area is 252 Å². The van der Waals surface area contributed by atoms with Gasteiger partial charge >= 0.3 is 6.09 Å². The highest BCUT2D eigenvalue weighted by Crippen LogP contribution is 2.31. The molecule has 0 saturated carbocycles. The largest absolute Gasteiger partial charge is 0.508 e. The predicted octanol–water partition coefficient (Wildman–Crippen LogP) is 7.28. The van der Waals surface area contributed by atoms with Crippen molar-refractivity contribution in [2.24, 2.45) is 11.8 Å². The summed E-state index contributed by atoms with van der Waals surface area (Å²) >= 11 is 0. The number of carbonyl (C=O) groups excluding carboxylic acids is 3. The average Bonchev–Trinajstić information content (AvgIpc) is 2.86. The number of nitrogens with one attached hydrogen (secondary N) is 2. The Morgan fingerprint density at radius 2 is 1.45 bits per heavy atom. The van der Waals surface area contributed by atoms with Gasteiger partial charge in [-0.05, 0) is 101 Å². The fraction of sp³-hybridized carbons (Fsp3) is 0.559. The normalized spacial score (nSPS) is 13.8. The van der Waals surface area contributed by atoms with Crippen LogP contribution in [-0.2, 0) is 14.3 Å². The third kappa shape index (κ3) is 10.4. The molecule has 0 heterocycles. The second kappa shape index (κ2) is 15.1. The molecule has 0 spiro atoms. The van der Waals surface area contributed by atoms with E-state index in [-0.39, 0.29) is 29.5 Å². The molecule has 2 aromatic carbocycles. The second-order valence-corrected chi connectivity index (χ2v) is 13.1. The lowest BCUT2D eigenvalue weighted by atomic mass is 9.95. The Morgan fingerprint density at radius 3 is 1.95 bits per heavy atom. The van der Waals surface area contributed by atoms with Gasteiger partial charge in [0.1, 0.15) is 23.4 Å². The standard InChI is InChI=1S/C34H51N3O5/c1-21(2)14-15-25(7)37(32(40)28(20-22(3)4)35-33(41)42-34(8,9)10)30(26-16-18-27(38)19-17-26)31(39)36-29-23(5)12-11-13-24(29)6/h11-13,16-19,21-22,25,28,30,38H,14-15,20H2,1-10H3,(H,35,41)(H,36,39). The van der Waals surface area contributed by atoms with E-state index in [1.54, 1.807) is 37.8 Å². The summed E-state index contributed by atoms with van der Waals surface area (Å²) in [5.41, 5.74) is 2.33. The number of ether oxygens (including phenoxy) is 1. The van der Waals surface area contributed by atoms with Gasteiger partial charge in [-0.2, -0.15) is 0 Å². The number of rotatable bonds is 12. The van der Waals surface area contributed by atoms with Gasteiger partial charge in [0.2, 0.25) is 5.91 Å². The number of para-hydroxylation sites is 1. The van der Waals surface area contributed by atoms with Gasteiger partial charge in [0, 0.05) is 11.7 Å². The zero-order chi connectivity index (χ0) is 31.8. The summed E-state index contributed by atoms with van der Waals surface area (Å²) in [5, 5.41) is 15.9. The van der Waals surface area contributed by atoms with Gasteiger partial charge in [-0.3, -0.25) is 9.59 Å². The molecule has 42 heavy (non-hydrogen) atoms. The first-order chi connectivity index (χ1) is 19.5. The zero-order valence-electron chi connectivity index (χ0n) is 27.1. The van der Waals surface area contributed by atoms with E-state index < -0.39 is 23.8 Å². The Morgan fingerprint density at radius 1 is 0.881 bits per heavy atom. The molecule has 3 unspecified atom stereocenters. The maximum Gasteiger partial charge on any atom is 0.408 e. The van der Waals surface area contributed by atoms with E-state index >= 15 is 0 Å². The highest BCUT2D eigenvalue weighted by Gasteiger charge is 2.39. The minimum atomic E-state index is -1.02. The van der Waals surface area contributed by atoms with Crippen molar-refractivity contribution in [3.8, 4) is 5.75 Å². The summed E-state index contributed by atoms with van der Waals surface area (Å²) in [7, 11) is 0. The van der Waals surface area contributed by atoms with E-state index in [2.05, 4.69) is 24.5 Å². The topological polar surface area (TPSA) is 108 Å². The van der Waals surface area contributed by atoms with Crippen LogP contribution >= 0.6 is 0 Å². The molecule has 0 aliphatic carbocycles. The highest BCUT2D eigenvalue weighted by molar-refractivity contribution is 6.00. The van der Waals surface area contributed by atoms with Crippen molar-refractivity contribution in [1.82, 2.24) is 10.2 Å². The van der Waals surface area contributed by atoms with Crippen LogP contribution in [0, 0.1) is 25.7 Å². The van der Waals surface area contributed by atoms with Crippen molar-refractivity contribution in [3.63, 3.8) is 0 Å². The number of aryl methyl sites for hydroxylation is 2. The molecular formula is C34H51N3O5. The van der Waals surface area contributed by atoms with E-state index in [0.29, 0.717) is 30.0 Å². The SMILES string of the molecule is Cc1cccc(C)c1NC(=O)C(c1ccc(O)cc1)N(C(=O)C(CC(C)C)NC(=O)OC(C)(C)C)C(C)CCC(C)C. The first-order valence-electron chi connectivity index (χ1n) is 15.0. The molecule has 0 bridgehead atoms. The van der Waals surface area contributed by atoms with E-state index in [4.69, 9.17) is 4.74 Å². The monoisotopic (exact) mass is 581 g/mol. The van der Waals surface area contributed by atoms with Crippen LogP contribution in [0.4, 0.5) is 10.5 Å². The minimum Gasteiger partial charge on any atom is -0.508 e. The maximum atomic E-state index is 14.6. The first-order valence-corrected chi connectivity index (χ1v) is 15.0. The molecule has 0 saturated heterocycles. The van der Waals surface area contributed by atoms with E-state index in [9.17, 15) is 19.5 Å². The van der Waals surface area contributed by atoms with Crippen LogP contribution < -0.4 is 10.6 Å². The Bertz CT molecular complexity index is 1180. The molecule has 2 rings (SSSR count). The molecule has 3 amide bonds. The van der Waals surface area contributed by atoms with Gasteiger partial charge < -0.3 is 25.4 Å². The third-order valence-electron chi connectivity index (χ3n) is 7.05. The molecular weight excluding hydrogens is 530 g/mol. The molecule has 0 aromatic heterocycles. The number of phenols is 1. The average molecular weight is 582 g/mol. The minimum absolute atomic E-state index is 0.0580. The molecule has 8 nitrogen and oxygen atoms in total. The molecule has 3 atom stereocenters. The Kier molecular flexibility index (Phi) is 12.4. The summed E-state index contributed by atoms with van der Waals surface area (Å²) in [6.07, 6.45) is 1.19. The zero-order valence-corrected chi connectivity index (χ0v) is 27.1. The Balaban J connectivity index is 2.66. The van der Waals surface area contributed by atoms with Gasteiger partial charge in [-0.1, -0.05) is 58.0 Å². The number of alkyl carbamates (subject to hydrolysis) is 1. The lowest BCUT2D eigenvalue weighted by Gasteiger charge is -2.39. The molecule has 232 valence electrons. The van der Waals surface area contributed by atoms with Crippen LogP contribution in [0.25, 0.3) is 0 Å². The van der Waals surface area contributed by atoms with Crippen LogP contribution in [-0.4, -0.2) is 45.6 Å². The highest BCUT2D eigenvalue weighted by atomic mass is 16.6. The number of phenolic OH excluding ortho intramolecular Hbond substituents is 1. The first kappa shape index (κ1) is 34.7. The van der Waals surface area contributed by atoms with Gasteiger partial charge in [-0.25, -0.2) is 4.79 Å². The molecule has 2 aromatic rings. The number of amides is 3. The van der Waals surface area contributed by atoms with E-state index in [1.165, 1.54) is 12.1 Å². The third-order valence-corrected chi connectivity index (χ3v) is 7.05. The fourth-order valence-corrected chi connectivity index (χ4v) is 4.93. The van der Waals surface area contributed by atoms with Crippen molar-refractivity contribution < 1.29 is 24.2 Å². The maximum absolute atomic E-state index is 14.6. The van der Waals surface area contributed by atoms with Gasteiger partial charge in [-0.15, -0.1) is 0 Å². The number of anilines is 1. The van der Waals surface area contributed by atoms with Gasteiger partial charge in [0.15, 0.2) is 0 Å². The molecule has 3 N–H and O–H groups in total. The molecule has 0 fully saturated rings. The predicted molar refractivity (Wildman–Crippen MR) is 168 cm³/mol. The lowest BCUT2D eigenvalue weighted by Crippen LogP contribution is -2.55. The number of hydrogen-bond donors (Lipinski definition) is 3. The number of benzene rings is 2. The molecule has 0 radical (unpaired) electrons. The molecule has 0 aliphatic rings. The lowest BCUT2D eigenvalue weighted by molar-refractivity contribution is -0.144. The quantitative estimate of drug-likeness (QED) is 0.244. The summed E-state index contributed by atoms with van der Waals surface area (Å²) in [6.45, 7) is 19.3. The summed E-state index contributed by atoms with van der Waals surface area (Å²) in [6, 6.07) is 9.88. The van der Waals surface area contributed by atoms with Crippen molar-refractivity contribution in [2.75, 3.05) is 5.32 Å². The summed E-state index contributed by atoms with van der Waals surface area (Å²) in [4.78, 5) is 43.3. The van der Waals surface area contributed by atoms with Crippen molar-refractivity contribution in [1.29, 1.82) is 0 Å². The van der Waals surface area contributed by atoms with Crippen molar-refractivity contribution in [2.45, 2.75) is 112 Å². The van der Waals surface area contributed by atoms with Crippen molar-refractivity contribution in [3.05, 3.63) is 59.2 Å². The van der Waals surface area contributed by atoms with E-state index in [1.807, 2.05) is 52.8 Å². The van der Waals surface area contributed by atoms with Crippen LogP contribution in [0.1, 0.15) is 97.4 Å². The fourth-order valence-electron chi connectivity index (χ4n) is 4.93. The number of hydrogen-bond acceptors (Lipinski definition) is 5. The number of carbonyl (C=O) groups is 3. The molecule has 0 aliphatic heterocycles. The summed E-state index contributed by atoms with van der Waals surface area (Å²) < 4.78 is 5.50. The van der Waals surface area contributed by atoms with E-state index in [0.717, 1.165) is 17.5 Å². The van der Waals surface area contributed by atoms with Crippen molar-refractivity contribution >= 4 is 23.6 Å². The van der Waals surface area contributed by atoms with Crippen LogP contribution in [0.5, 0.6) is 5.75 Å². The number of aromatic hydroxyl groups is 1. The summed E-state index contributed by atoms with van der Waals surface area (Å²) in [5.74, 6) is -0.199. The second-order valence-electron chi connectivity index (χ2n) is 13.1. The van der Waals surface area contributed by atoms with Crippen LogP contribution in [0.2, 0.25) is 0 Å². The van der Waals surface area contributed by atoms with Gasteiger partial charge in [0.25, 0.3) is 5.91 Å². The smallest absolute Gasteiger partial charge is 0.408 e. The van der Waals surface area contributed by atoms with Crippen LogP contribution in [0.3, 0.4) is 0 Å². The number of nitrogens with zero attached hydrogens (tertiary/aromatic N) is 1. The van der Waals surface area contributed by atoms with Crippen LogP contribution in [0.15, 0.2) is 42.5 Å². The Hall–Kier alpha value is -3.55. The molecule has 8 heteroatoms.